The van der Waals surface area contributed by atoms with Crippen molar-refractivity contribution in [3.8, 4) is 11.3 Å². The largest absolute Gasteiger partial charge is 0.459 e. The molecule has 1 aromatic carbocycles. The van der Waals surface area contributed by atoms with Crippen molar-refractivity contribution in [3.63, 3.8) is 0 Å². The van der Waals surface area contributed by atoms with Crippen molar-refractivity contribution >= 4 is 38.3 Å². The summed E-state index contributed by atoms with van der Waals surface area (Å²) in [5.74, 6) is 0.0295. The van der Waals surface area contributed by atoms with Gasteiger partial charge >= 0.3 is 0 Å². The molecule has 2 heterocycles. The highest BCUT2D eigenvalue weighted by Crippen LogP contribution is 2.27. The molecule has 2 aromatic heterocycles. The topological polar surface area (TPSA) is 55.1 Å². The van der Waals surface area contributed by atoms with E-state index in [0.717, 1.165) is 21.3 Å². The fourth-order valence-electron chi connectivity index (χ4n) is 1.87. The van der Waals surface area contributed by atoms with E-state index in [0.29, 0.717) is 10.9 Å². The second kappa shape index (κ2) is 5.83. The summed E-state index contributed by atoms with van der Waals surface area (Å²) in [5.41, 5.74) is 2.62. The molecule has 1 amide bonds. The van der Waals surface area contributed by atoms with Gasteiger partial charge in [-0.1, -0.05) is 28.1 Å². The number of thiazole rings is 1. The minimum atomic E-state index is -0.285. The summed E-state index contributed by atoms with van der Waals surface area (Å²) in [5, 5.41) is 5.21. The van der Waals surface area contributed by atoms with Gasteiger partial charge in [-0.25, -0.2) is 4.98 Å². The fourth-order valence-corrected chi connectivity index (χ4v) is 2.98. The van der Waals surface area contributed by atoms with E-state index in [-0.39, 0.29) is 5.91 Å². The first kappa shape index (κ1) is 14.0. The third-order valence-corrected chi connectivity index (χ3v) is 4.16. The van der Waals surface area contributed by atoms with Gasteiger partial charge in [0.25, 0.3) is 5.91 Å². The molecule has 4 nitrogen and oxygen atoms in total. The van der Waals surface area contributed by atoms with Gasteiger partial charge in [-0.3, -0.25) is 10.1 Å². The van der Waals surface area contributed by atoms with Gasteiger partial charge < -0.3 is 4.42 Å². The maximum atomic E-state index is 12.1. The quantitative estimate of drug-likeness (QED) is 0.732. The van der Waals surface area contributed by atoms with Crippen LogP contribution in [0.15, 0.2) is 50.9 Å². The second-order valence-electron chi connectivity index (χ2n) is 4.44. The van der Waals surface area contributed by atoms with Crippen molar-refractivity contribution in [1.29, 1.82) is 0 Å². The van der Waals surface area contributed by atoms with E-state index in [1.54, 1.807) is 6.07 Å². The first-order valence-electron chi connectivity index (χ1n) is 6.20. The van der Waals surface area contributed by atoms with Crippen LogP contribution in [0.1, 0.15) is 16.1 Å². The predicted molar refractivity (Wildman–Crippen MR) is 86.6 cm³/mol. The van der Waals surface area contributed by atoms with E-state index in [1.165, 1.54) is 17.6 Å². The van der Waals surface area contributed by atoms with Gasteiger partial charge in [-0.05, 0) is 25.1 Å². The maximum absolute atomic E-state index is 12.1. The molecule has 0 saturated carbocycles. The van der Waals surface area contributed by atoms with Crippen molar-refractivity contribution in [2.75, 3.05) is 5.32 Å². The van der Waals surface area contributed by atoms with Gasteiger partial charge in [0.2, 0.25) is 0 Å². The lowest BCUT2D eigenvalue weighted by Crippen LogP contribution is -2.11. The Labute approximate surface area is 134 Å². The normalized spacial score (nSPS) is 10.6. The lowest BCUT2D eigenvalue weighted by Gasteiger charge is -2.00. The number of carbonyl (C=O) groups is 1. The lowest BCUT2D eigenvalue weighted by atomic mass is 10.2. The number of halogens is 1. The fraction of sp³-hybridized carbons (Fsp3) is 0.0667. The first-order chi connectivity index (χ1) is 10.1. The number of aryl methyl sites for hydroxylation is 1. The second-order valence-corrected chi connectivity index (χ2v) is 6.21. The van der Waals surface area contributed by atoms with Crippen molar-refractivity contribution in [3.05, 3.63) is 57.8 Å². The Morgan fingerprint density at radius 3 is 2.95 bits per heavy atom. The Balaban J connectivity index is 1.80. The summed E-state index contributed by atoms with van der Waals surface area (Å²) in [6, 6.07) is 9.62. The predicted octanol–water partition coefficient (Wildman–Crippen LogP) is 4.73. The molecule has 1 N–H and O–H groups in total. The molecule has 0 aliphatic rings. The molecule has 0 saturated heterocycles. The summed E-state index contributed by atoms with van der Waals surface area (Å²) >= 11 is 4.82. The molecule has 0 unspecified atom stereocenters. The summed E-state index contributed by atoms with van der Waals surface area (Å²) in [4.78, 5) is 16.5. The van der Waals surface area contributed by atoms with E-state index in [4.69, 9.17) is 4.42 Å². The number of amides is 1. The molecule has 0 aliphatic carbocycles. The summed E-state index contributed by atoms with van der Waals surface area (Å²) < 4.78 is 6.15. The highest BCUT2D eigenvalue weighted by atomic mass is 79.9. The number of hydrogen-bond donors (Lipinski definition) is 1. The molecule has 3 rings (SSSR count). The molecular formula is C15H11BrN2O2S. The van der Waals surface area contributed by atoms with Crippen LogP contribution in [0.4, 0.5) is 5.13 Å². The van der Waals surface area contributed by atoms with Crippen LogP contribution in [0.2, 0.25) is 0 Å². The van der Waals surface area contributed by atoms with Crippen LogP contribution in [0.3, 0.4) is 0 Å². The number of aromatic nitrogens is 1. The zero-order valence-corrected chi connectivity index (χ0v) is 13.5. The van der Waals surface area contributed by atoms with Crippen LogP contribution < -0.4 is 5.32 Å². The van der Waals surface area contributed by atoms with Gasteiger partial charge in [0.05, 0.1) is 12.0 Å². The van der Waals surface area contributed by atoms with Gasteiger partial charge in [0.15, 0.2) is 10.9 Å². The molecular weight excluding hydrogens is 352 g/mol. The Kier molecular flexibility index (Phi) is 3.90. The smallest absolute Gasteiger partial charge is 0.293 e. The van der Waals surface area contributed by atoms with Crippen LogP contribution in [0.5, 0.6) is 0 Å². The van der Waals surface area contributed by atoms with Gasteiger partial charge in [0, 0.05) is 21.0 Å². The summed E-state index contributed by atoms with van der Waals surface area (Å²) in [6.45, 7) is 1.83. The van der Waals surface area contributed by atoms with Crippen molar-refractivity contribution in [2.45, 2.75) is 6.92 Å². The number of benzene rings is 1. The molecule has 3 aromatic rings. The van der Waals surface area contributed by atoms with E-state index in [9.17, 15) is 4.79 Å². The average molecular weight is 363 g/mol. The molecule has 0 radical (unpaired) electrons. The minimum absolute atomic E-state index is 0.285. The number of anilines is 1. The number of nitrogens with one attached hydrogen (secondary N) is 1. The van der Waals surface area contributed by atoms with Crippen molar-refractivity contribution in [2.24, 2.45) is 0 Å². The lowest BCUT2D eigenvalue weighted by molar-refractivity contribution is 0.0996. The molecule has 6 heteroatoms. The highest BCUT2D eigenvalue weighted by Gasteiger charge is 2.14. The number of rotatable bonds is 3. The molecule has 0 bridgehead atoms. The first-order valence-corrected chi connectivity index (χ1v) is 7.87. The average Bonchev–Trinajstić information content (AvgIpc) is 3.08. The van der Waals surface area contributed by atoms with E-state index >= 15 is 0 Å². The number of hydrogen-bond acceptors (Lipinski definition) is 4. The maximum Gasteiger partial charge on any atom is 0.293 e. The van der Waals surface area contributed by atoms with Crippen LogP contribution in [0, 0.1) is 6.92 Å². The SMILES string of the molecule is Cc1ccoc1C(=O)Nc1nc(-c2cccc(Br)c2)cs1. The molecule has 0 fully saturated rings. The van der Waals surface area contributed by atoms with Crippen molar-refractivity contribution < 1.29 is 9.21 Å². The van der Waals surface area contributed by atoms with Gasteiger partial charge in [-0.2, -0.15) is 0 Å². The monoisotopic (exact) mass is 362 g/mol. The van der Waals surface area contributed by atoms with Gasteiger partial charge in [0.1, 0.15) is 0 Å². The van der Waals surface area contributed by atoms with Crippen molar-refractivity contribution in [1.82, 2.24) is 4.98 Å². The Morgan fingerprint density at radius 1 is 1.38 bits per heavy atom. The Bertz CT molecular complexity index is 794. The highest BCUT2D eigenvalue weighted by molar-refractivity contribution is 9.10. The Hall–Kier alpha value is -1.92. The van der Waals surface area contributed by atoms with E-state index in [1.807, 2.05) is 36.6 Å². The third kappa shape index (κ3) is 3.06. The summed E-state index contributed by atoms with van der Waals surface area (Å²) in [7, 11) is 0. The molecule has 0 spiro atoms. The summed E-state index contributed by atoms with van der Waals surface area (Å²) in [6.07, 6.45) is 1.50. The van der Waals surface area contributed by atoms with E-state index in [2.05, 4.69) is 26.2 Å². The molecule has 0 aliphatic heterocycles. The molecule has 0 atom stereocenters. The standard InChI is InChI=1S/C15H11BrN2O2S/c1-9-5-6-20-13(9)14(19)18-15-17-12(8-21-15)10-3-2-4-11(16)7-10/h2-8H,1H3,(H,17,18,19). The number of carbonyl (C=O) groups excluding carboxylic acids is 1. The van der Waals surface area contributed by atoms with Crippen LogP contribution in [-0.2, 0) is 0 Å². The zero-order chi connectivity index (χ0) is 14.8. The number of nitrogens with zero attached hydrogens (tertiary/aromatic N) is 1. The number of furan rings is 1. The molecule has 21 heavy (non-hydrogen) atoms. The van der Waals surface area contributed by atoms with Crippen LogP contribution in [0.25, 0.3) is 11.3 Å². The van der Waals surface area contributed by atoms with E-state index < -0.39 is 0 Å². The minimum Gasteiger partial charge on any atom is -0.459 e. The van der Waals surface area contributed by atoms with Gasteiger partial charge in [-0.15, -0.1) is 11.3 Å². The van der Waals surface area contributed by atoms with Crippen LogP contribution >= 0.6 is 27.3 Å². The Morgan fingerprint density at radius 2 is 2.24 bits per heavy atom. The zero-order valence-electron chi connectivity index (χ0n) is 11.1. The van der Waals surface area contributed by atoms with Crippen LogP contribution in [-0.4, -0.2) is 10.9 Å². The molecule has 106 valence electrons. The third-order valence-electron chi connectivity index (χ3n) is 2.91.